The first-order chi connectivity index (χ1) is 14.0. The topological polar surface area (TPSA) is 106 Å². The van der Waals surface area contributed by atoms with Crippen molar-refractivity contribution in [2.75, 3.05) is 25.9 Å². The number of anilines is 1. The third-order valence-electron chi connectivity index (χ3n) is 5.46. The van der Waals surface area contributed by atoms with Gasteiger partial charge >= 0.3 is 0 Å². The summed E-state index contributed by atoms with van der Waals surface area (Å²) in [4.78, 5) is 26.6. The van der Waals surface area contributed by atoms with E-state index < -0.39 is 0 Å². The number of aromatic nitrogens is 3. The zero-order valence-electron chi connectivity index (χ0n) is 16.2. The standard InChI is InChI=1S/C21H23N5O3/c1-3-17(27)25-10-4-5-14(11-25)26-12-16(13-6-8-15(29-2)9-7-13)18-19(26)21(28)24-23-20(18)22/h3,6-9,12,14H,1,4-5,10-11H2,2H3,(H2,22,23)(H,24,28). The third-order valence-corrected chi connectivity index (χ3v) is 5.46. The molecule has 3 N–H and O–H groups in total. The van der Waals surface area contributed by atoms with E-state index in [0.717, 1.165) is 29.7 Å². The molecule has 0 spiro atoms. The fourth-order valence-corrected chi connectivity index (χ4v) is 4.02. The fraction of sp³-hybridized carbons (Fsp3) is 0.286. The molecule has 3 heterocycles. The number of likely N-dealkylation sites (tertiary alicyclic amines) is 1. The molecule has 8 heteroatoms. The van der Waals surface area contributed by atoms with Gasteiger partial charge in [0.1, 0.15) is 11.3 Å². The van der Waals surface area contributed by atoms with Crippen molar-refractivity contribution < 1.29 is 9.53 Å². The Kier molecular flexibility index (Phi) is 4.84. The molecule has 0 aliphatic carbocycles. The van der Waals surface area contributed by atoms with Crippen molar-refractivity contribution in [2.45, 2.75) is 18.9 Å². The number of carbonyl (C=O) groups excluding carboxylic acids is 1. The summed E-state index contributed by atoms with van der Waals surface area (Å²) in [5, 5.41) is 7.06. The van der Waals surface area contributed by atoms with E-state index in [2.05, 4.69) is 16.8 Å². The Morgan fingerprint density at radius 2 is 2.14 bits per heavy atom. The summed E-state index contributed by atoms with van der Waals surface area (Å²) in [7, 11) is 1.61. The lowest BCUT2D eigenvalue weighted by Gasteiger charge is -2.33. The van der Waals surface area contributed by atoms with Gasteiger partial charge in [-0.2, -0.15) is 5.10 Å². The van der Waals surface area contributed by atoms with E-state index in [1.54, 1.807) is 12.0 Å². The maximum absolute atomic E-state index is 12.7. The fourth-order valence-electron chi connectivity index (χ4n) is 4.02. The van der Waals surface area contributed by atoms with Crippen molar-refractivity contribution >= 4 is 22.6 Å². The Morgan fingerprint density at radius 1 is 1.38 bits per heavy atom. The van der Waals surface area contributed by atoms with Gasteiger partial charge in [-0.3, -0.25) is 9.59 Å². The normalized spacial score (nSPS) is 16.7. The van der Waals surface area contributed by atoms with Crippen LogP contribution >= 0.6 is 0 Å². The zero-order valence-corrected chi connectivity index (χ0v) is 16.2. The number of nitrogens with one attached hydrogen (secondary N) is 1. The molecule has 4 rings (SSSR count). The third kappa shape index (κ3) is 3.26. The van der Waals surface area contributed by atoms with Gasteiger partial charge in [0.2, 0.25) is 5.91 Å². The highest BCUT2D eigenvalue weighted by Crippen LogP contribution is 2.36. The number of nitrogen functional groups attached to an aromatic ring is 1. The van der Waals surface area contributed by atoms with Crippen LogP contribution in [0.5, 0.6) is 5.75 Å². The van der Waals surface area contributed by atoms with Gasteiger partial charge in [-0.15, -0.1) is 0 Å². The maximum atomic E-state index is 12.7. The lowest BCUT2D eigenvalue weighted by Crippen LogP contribution is -2.40. The van der Waals surface area contributed by atoms with Gasteiger partial charge in [-0.05, 0) is 36.6 Å². The van der Waals surface area contributed by atoms with Gasteiger partial charge in [0.25, 0.3) is 5.56 Å². The molecule has 1 unspecified atom stereocenters. The summed E-state index contributed by atoms with van der Waals surface area (Å²) in [5.74, 6) is 0.905. The van der Waals surface area contributed by atoms with Gasteiger partial charge in [-0.1, -0.05) is 18.7 Å². The van der Waals surface area contributed by atoms with Crippen molar-refractivity contribution in [3.8, 4) is 16.9 Å². The van der Waals surface area contributed by atoms with E-state index in [4.69, 9.17) is 10.5 Å². The number of ether oxygens (including phenoxy) is 1. The van der Waals surface area contributed by atoms with E-state index in [-0.39, 0.29) is 23.3 Å². The molecule has 0 radical (unpaired) electrons. The second-order valence-corrected chi connectivity index (χ2v) is 7.12. The first-order valence-electron chi connectivity index (χ1n) is 9.48. The first-order valence-corrected chi connectivity index (χ1v) is 9.48. The number of rotatable bonds is 4. The number of nitrogens with two attached hydrogens (primary N) is 1. The summed E-state index contributed by atoms with van der Waals surface area (Å²) in [6.07, 6.45) is 4.97. The number of fused-ring (bicyclic) bond motifs is 1. The molecular formula is C21H23N5O3. The number of H-pyrrole nitrogens is 1. The Morgan fingerprint density at radius 3 is 2.83 bits per heavy atom. The molecule has 1 aromatic carbocycles. The van der Waals surface area contributed by atoms with Crippen molar-refractivity contribution in [3.05, 3.63) is 53.5 Å². The largest absolute Gasteiger partial charge is 0.497 e. The molecule has 29 heavy (non-hydrogen) atoms. The van der Waals surface area contributed by atoms with Crippen LogP contribution in [0.25, 0.3) is 22.0 Å². The molecule has 1 fully saturated rings. The second-order valence-electron chi connectivity index (χ2n) is 7.12. The molecule has 1 saturated heterocycles. The lowest BCUT2D eigenvalue weighted by molar-refractivity contribution is -0.127. The molecule has 1 amide bonds. The van der Waals surface area contributed by atoms with E-state index in [1.807, 2.05) is 35.0 Å². The summed E-state index contributed by atoms with van der Waals surface area (Å²) < 4.78 is 7.18. The number of aromatic amines is 1. The van der Waals surface area contributed by atoms with Crippen molar-refractivity contribution in [1.82, 2.24) is 19.7 Å². The quantitative estimate of drug-likeness (QED) is 0.662. The molecule has 1 aliphatic heterocycles. The van der Waals surface area contributed by atoms with Gasteiger partial charge in [0, 0.05) is 24.8 Å². The van der Waals surface area contributed by atoms with E-state index >= 15 is 0 Å². The van der Waals surface area contributed by atoms with E-state index in [9.17, 15) is 9.59 Å². The minimum absolute atomic E-state index is 0.0370. The van der Waals surface area contributed by atoms with Crippen LogP contribution in [0.15, 0.2) is 47.9 Å². The monoisotopic (exact) mass is 393 g/mol. The lowest BCUT2D eigenvalue weighted by atomic mass is 10.1. The Balaban J connectivity index is 1.86. The predicted octanol–water partition coefficient (Wildman–Crippen LogP) is 2.33. The number of benzene rings is 1. The first kappa shape index (κ1) is 18.8. The molecular weight excluding hydrogens is 370 g/mol. The van der Waals surface area contributed by atoms with Crippen LogP contribution < -0.4 is 16.0 Å². The van der Waals surface area contributed by atoms with E-state index in [1.165, 1.54) is 6.08 Å². The number of hydrogen-bond acceptors (Lipinski definition) is 5. The average molecular weight is 393 g/mol. The summed E-state index contributed by atoms with van der Waals surface area (Å²) in [6.45, 7) is 4.78. The zero-order chi connectivity index (χ0) is 20.5. The van der Waals surface area contributed by atoms with Crippen LogP contribution in [-0.4, -0.2) is 45.8 Å². The molecule has 150 valence electrons. The van der Waals surface area contributed by atoms with Crippen molar-refractivity contribution in [1.29, 1.82) is 0 Å². The molecule has 2 aromatic heterocycles. The number of carbonyl (C=O) groups is 1. The molecule has 1 aliphatic rings. The Bertz CT molecular complexity index is 1130. The van der Waals surface area contributed by atoms with Crippen LogP contribution in [0, 0.1) is 0 Å². The van der Waals surface area contributed by atoms with E-state index in [0.29, 0.717) is 24.0 Å². The number of piperidine rings is 1. The highest BCUT2D eigenvalue weighted by molar-refractivity contribution is 6.02. The molecule has 0 bridgehead atoms. The van der Waals surface area contributed by atoms with Crippen molar-refractivity contribution in [3.63, 3.8) is 0 Å². The number of hydrogen-bond donors (Lipinski definition) is 2. The van der Waals surface area contributed by atoms with Crippen LogP contribution in [-0.2, 0) is 4.79 Å². The number of nitrogens with zero attached hydrogens (tertiary/aromatic N) is 3. The number of methoxy groups -OCH3 is 1. The molecule has 0 saturated carbocycles. The molecule has 1 atom stereocenters. The summed E-state index contributed by atoms with van der Waals surface area (Å²) in [6, 6.07) is 7.53. The highest BCUT2D eigenvalue weighted by atomic mass is 16.5. The maximum Gasteiger partial charge on any atom is 0.288 e. The van der Waals surface area contributed by atoms with Gasteiger partial charge in [-0.25, -0.2) is 5.10 Å². The Hall–Kier alpha value is -3.55. The van der Waals surface area contributed by atoms with Crippen LogP contribution in [0.2, 0.25) is 0 Å². The minimum atomic E-state index is -0.305. The average Bonchev–Trinajstić information content (AvgIpc) is 3.18. The van der Waals surface area contributed by atoms with Crippen LogP contribution in [0.4, 0.5) is 5.82 Å². The predicted molar refractivity (Wildman–Crippen MR) is 112 cm³/mol. The Labute approximate surface area is 167 Å². The van der Waals surface area contributed by atoms with Crippen molar-refractivity contribution in [2.24, 2.45) is 0 Å². The van der Waals surface area contributed by atoms with Gasteiger partial charge < -0.3 is 19.9 Å². The van der Waals surface area contributed by atoms with Gasteiger partial charge in [0.15, 0.2) is 5.82 Å². The minimum Gasteiger partial charge on any atom is -0.497 e. The summed E-state index contributed by atoms with van der Waals surface area (Å²) >= 11 is 0. The molecule has 3 aromatic rings. The SMILES string of the molecule is C=CC(=O)N1CCCC(n2cc(-c3ccc(OC)cc3)c3c(N)n[nH]c(=O)c32)C1. The molecule has 8 nitrogen and oxygen atoms in total. The smallest absolute Gasteiger partial charge is 0.288 e. The summed E-state index contributed by atoms with van der Waals surface area (Å²) in [5.41, 5.74) is 8.06. The second kappa shape index (κ2) is 7.46. The van der Waals surface area contributed by atoms with Crippen LogP contribution in [0.3, 0.4) is 0 Å². The highest BCUT2D eigenvalue weighted by Gasteiger charge is 2.27. The van der Waals surface area contributed by atoms with Crippen LogP contribution in [0.1, 0.15) is 18.9 Å². The van der Waals surface area contributed by atoms with Gasteiger partial charge in [0.05, 0.1) is 18.5 Å². The number of amides is 1.